The zero-order chi connectivity index (χ0) is 24.9. The van der Waals surface area contributed by atoms with Crippen LogP contribution in [0.25, 0.3) is 0 Å². The average Bonchev–Trinajstić information content (AvgIpc) is 2.66. The molecule has 0 amide bonds. The van der Waals surface area contributed by atoms with Crippen LogP contribution in [0.1, 0.15) is 95.9 Å². The minimum Gasteiger partial charge on any atom is -0.462 e. The molecule has 0 aliphatic carbocycles. The van der Waals surface area contributed by atoms with Gasteiger partial charge in [-0.15, -0.1) is 0 Å². The van der Waals surface area contributed by atoms with Crippen molar-refractivity contribution in [2.45, 2.75) is 120 Å². The number of rotatable bonds is 10. The number of likely N-dealkylation sites (N-methyl/N-ethyl adjacent to an activating group) is 2. The van der Waals surface area contributed by atoms with E-state index in [4.69, 9.17) is 9.47 Å². The van der Waals surface area contributed by atoms with Crippen molar-refractivity contribution in [2.24, 2.45) is 11.8 Å². The number of nitrogens with one attached hydrogen (secondary N) is 2. The van der Waals surface area contributed by atoms with Gasteiger partial charge in [0, 0.05) is 0 Å². The second kappa shape index (κ2) is 24.1. The van der Waals surface area contributed by atoms with Crippen LogP contribution in [0.4, 0.5) is 0 Å². The highest BCUT2D eigenvalue weighted by Crippen LogP contribution is 2.07. The van der Waals surface area contributed by atoms with Gasteiger partial charge in [0.1, 0.15) is 12.1 Å². The summed E-state index contributed by atoms with van der Waals surface area (Å²) in [5.41, 5.74) is 0. The molecule has 6 nitrogen and oxygen atoms in total. The van der Waals surface area contributed by atoms with Crippen molar-refractivity contribution in [1.82, 2.24) is 10.6 Å². The fourth-order valence-corrected chi connectivity index (χ4v) is 2.24. The summed E-state index contributed by atoms with van der Waals surface area (Å²) in [6, 6.07) is -0.329. The predicted molar refractivity (Wildman–Crippen MR) is 130 cm³/mol. The number of carbonyl (C=O) groups is 2. The summed E-state index contributed by atoms with van der Waals surface area (Å²) in [6.07, 6.45) is 1.58. The number of esters is 2. The van der Waals surface area contributed by atoms with Crippen LogP contribution >= 0.6 is 0 Å². The molecule has 0 saturated heterocycles. The lowest BCUT2D eigenvalue weighted by atomic mass is 10.0. The van der Waals surface area contributed by atoms with E-state index in [0.29, 0.717) is 11.8 Å². The molecule has 0 aromatic rings. The van der Waals surface area contributed by atoms with Gasteiger partial charge in [0.2, 0.25) is 0 Å². The largest absolute Gasteiger partial charge is 0.462 e. The molecule has 0 heterocycles. The van der Waals surface area contributed by atoms with Gasteiger partial charge in [-0.05, 0) is 66.5 Å². The number of ether oxygens (including phenoxy) is 2. The van der Waals surface area contributed by atoms with Crippen molar-refractivity contribution in [3.05, 3.63) is 0 Å². The van der Waals surface area contributed by atoms with E-state index in [9.17, 15) is 9.59 Å². The topological polar surface area (TPSA) is 76.7 Å². The van der Waals surface area contributed by atoms with Gasteiger partial charge in [-0.3, -0.25) is 9.59 Å². The van der Waals surface area contributed by atoms with Crippen molar-refractivity contribution < 1.29 is 19.1 Å². The fourth-order valence-electron chi connectivity index (χ4n) is 2.24. The van der Waals surface area contributed by atoms with Crippen molar-refractivity contribution in [3.8, 4) is 0 Å². The van der Waals surface area contributed by atoms with Gasteiger partial charge in [0.25, 0.3) is 0 Å². The minimum absolute atomic E-state index is 0.0319. The summed E-state index contributed by atoms with van der Waals surface area (Å²) >= 11 is 0. The second-order valence-electron chi connectivity index (χ2n) is 7.91. The standard InChI is InChI=1S/2C10H21NO2.2C2H6/c2*1-7(2)6-9(11-5)10(12)13-8(3)4;2*1-2/h2*7-9,11H,6H2,1-5H3;2*1-2H3/t9-;;;/m1.../s1. The molecule has 1 unspecified atom stereocenters. The average molecular weight is 435 g/mol. The Morgan fingerprint density at radius 1 is 0.600 bits per heavy atom. The van der Waals surface area contributed by atoms with Crippen LogP contribution in [0, 0.1) is 11.8 Å². The van der Waals surface area contributed by atoms with Crippen LogP contribution in [-0.2, 0) is 19.1 Å². The van der Waals surface area contributed by atoms with Gasteiger partial charge in [0.05, 0.1) is 12.2 Å². The first-order valence-corrected chi connectivity index (χ1v) is 11.7. The van der Waals surface area contributed by atoms with Crippen molar-refractivity contribution in [1.29, 1.82) is 0 Å². The van der Waals surface area contributed by atoms with Gasteiger partial charge in [-0.25, -0.2) is 0 Å². The van der Waals surface area contributed by atoms with E-state index in [1.54, 1.807) is 14.1 Å². The Morgan fingerprint density at radius 3 is 0.967 bits per heavy atom. The van der Waals surface area contributed by atoms with Gasteiger partial charge in [-0.2, -0.15) is 0 Å². The maximum atomic E-state index is 11.4. The molecule has 0 fully saturated rings. The van der Waals surface area contributed by atoms with Gasteiger partial charge in [-0.1, -0.05) is 55.4 Å². The first-order valence-electron chi connectivity index (χ1n) is 11.7. The lowest BCUT2D eigenvalue weighted by Crippen LogP contribution is -2.37. The third-order valence-electron chi connectivity index (χ3n) is 3.38. The molecule has 6 heteroatoms. The quantitative estimate of drug-likeness (QED) is 0.460. The molecule has 0 rings (SSSR count). The highest BCUT2D eigenvalue weighted by atomic mass is 16.5. The Hall–Kier alpha value is -1.14. The Morgan fingerprint density at radius 2 is 0.833 bits per heavy atom. The fraction of sp³-hybridized carbons (Fsp3) is 0.917. The first kappa shape index (κ1) is 36.2. The number of hydrogen-bond acceptors (Lipinski definition) is 6. The zero-order valence-corrected chi connectivity index (χ0v) is 22.5. The smallest absolute Gasteiger partial charge is 0.323 e. The first-order chi connectivity index (χ1) is 13.9. The van der Waals surface area contributed by atoms with Crippen LogP contribution in [0.3, 0.4) is 0 Å². The van der Waals surface area contributed by atoms with Gasteiger partial charge < -0.3 is 20.1 Å². The highest BCUT2D eigenvalue weighted by molar-refractivity contribution is 5.76. The van der Waals surface area contributed by atoms with E-state index in [-0.39, 0.29) is 36.2 Å². The summed E-state index contributed by atoms with van der Waals surface area (Å²) < 4.78 is 10.2. The molecule has 0 aliphatic heterocycles. The molecule has 0 saturated carbocycles. The van der Waals surface area contributed by atoms with Crippen LogP contribution in [0.2, 0.25) is 0 Å². The summed E-state index contributed by atoms with van der Waals surface area (Å²) in [5, 5.41) is 5.93. The SMILES string of the molecule is CC.CC.CNC(CC(C)C)C(=O)OC(C)C.CN[C@H](CC(C)C)C(=O)OC(C)C. The maximum Gasteiger partial charge on any atom is 0.323 e. The molecule has 0 aliphatic rings. The molecular formula is C24H54N2O4. The second-order valence-corrected chi connectivity index (χ2v) is 7.91. The van der Waals surface area contributed by atoms with Crippen molar-refractivity contribution >= 4 is 11.9 Å². The summed E-state index contributed by atoms with van der Waals surface area (Å²) in [5.74, 6) is 0.701. The molecule has 2 atom stereocenters. The summed E-state index contributed by atoms with van der Waals surface area (Å²) in [4.78, 5) is 22.9. The molecule has 2 N–H and O–H groups in total. The molecule has 0 spiro atoms. The maximum absolute atomic E-state index is 11.4. The molecular weight excluding hydrogens is 380 g/mol. The van der Waals surface area contributed by atoms with Gasteiger partial charge >= 0.3 is 11.9 Å². The van der Waals surface area contributed by atoms with E-state index in [2.05, 4.69) is 38.3 Å². The van der Waals surface area contributed by atoms with Crippen molar-refractivity contribution in [2.75, 3.05) is 14.1 Å². The molecule has 184 valence electrons. The van der Waals surface area contributed by atoms with E-state index in [1.807, 2.05) is 55.4 Å². The minimum atomic E-state index is -0.164. The molecule has 0 aromatic heterocycles. The molecule has 0 radical (unpaired) electrons. The van der Waals surface area contributed by atoms with Crippen LogP contribution in [-0.4, -0.2) is 50.3 Å². The molecule has 30 heavy (non-hydrogen) atoms. The number of hydrogen-bond donors (Lipinski definition) is 2. The lowest BCUT2D eigenvalue weighted by molar-refractivity contribution is -0.151. The van der Waals surface area contributed by atoms with Crippen LogP contribution < -0.4 is 10.6 Å². The summed E-state index contributed by atoms with van der Waals surface area (Å²) in [7, 11) is 3.57. The van der Waals surface area contributed by atoms with E-state index >= 15 is 0 Å². The summed E-state index contributed by atoms with van der Waals surface area (Å²) in [6.45, 7) is 23.8. The van der Waals surface area contributed by atoms with Gasteiger partial charge in [0.15, 0.2) is 0 Å². The van der Waals surface area contributed by atoms with E-state index < -0.39 is 0 Å². The van der Waals surface area contributed by atoms with E-state index in [1.165, 1.54) is 0 Å². The Bertz CT molecular complexity index is 347. The highest BCUT2D eigenvalue weighted by Gasteiger charge is 2.20. The Labute approximate surface area is 188 Å². The van der Waals surface area contributed by atoms with Crippen LogP contribution in [0.5, 0.6) is 0 Å². The van der Waals surface area contributed by atoms with Crippen LogP contribution in [0.15, 0.2) is 0 Å². The number of carbonyl (C=O) groups excluding carboxylic acids is 2. The van der Waals surface area contributed by atoms with E-state index in [0.717, 1.165) is 12.8 Å². The van der Waals surface area contributed by atoms with Crippen molar-refractivity contribution in [3.63, 3.8) is 0 Å². The predicted octanol–water partition coefficient (Wildman–Crippen LogP) is 5.20. The Kier molecular flexibility index (Phi) is 29.2. The monoisotopic (exact) mass is 434 g/mol. The third-order valence-corrected chi connectivity index (χ3v) is 3.38. The molecule has 0 aromatic carbocycles. The molecule has 0 bridgehead atoms. The third kappa shape index (κ3) is 24.9. The lowest BCUT2D eigenvalue weighted by Gasteiger charge is -2.18. The normalized spacial score (nSPS) is 12.1. The zero-order valence-electron chi connectivity index (χ0n) is 22.5. The Balaban J connectivity index is -0.000000193.